The molecule has 2 aliphatic rings. The van der Waals surface area contributed by atoms with Gasteiger partial charge in [0.25, 0.3) is 0 Å². The number of hydrogen-bond acceptors (Lipinski definition) is 5. The monoisotopic (exact) mass is 377 g/mol. The van der Waals surface area contributed by atoms with Crippen LogP contribution in [0, 0.1) is 5.92 Å². The summed E-state index contributed by atoms with van der Waals surface area (Å²) in [7, 11) is -3.53. The first-order chi connectivity index (χ1) is 11.4. The third kappa shape index (κ3) is 3.72. The predicted octanol–water partition coefficient (Wildman–Crippen LogP) is 3.87. The van der Waals surface area contributed by atoms with Crippen molar-refractivity contribution in [1.29, 1.82) is 0 Å². The molecule has 0 spiro atoms. The van der Waals surface area contributed by atoms with Gasteiger partial charge in [0, 0.05) is 38.2 Å². The topological polar surface area (TPSA) is 65.1 Å². The Kier molecular flexibility index (Phi) is 6.54. The SMILES string of the molecule is CCN(CC)P(=O)(OCCCCl)OC1=CC2C=CCC12OC(C)=O. The molecule has 0 amide bonds. The fraction of sp³-hybridized carbons (Fsp3) is 0.688. The summed E-state index contributed by atoms with van der Waals surface area (Å²) in [5.41, 5.74) is -0.871. The number of esters is 1. The minimum Gasteiger partial charge on any atom is -0.450 e. The van der Waals surface area contributed by atoms with Gasteiger partial charge in [-0.25, -0.2) is 4.57 Å². The predicted molar refractivity (Wildman–Crippen MR) is 92.7 cm³/mol. The molecule has 0 aromatic carbocycles. The fourth-order valence-corrected chi connectivity index (χ4v) is 4.92. The lowest BCUT2D eigenvalue weighted by Crippen LogP contribution is -2.47. The van der Waals surface area contributed by atoms with Crippen molar-refractivity contribution in [3.63, 3.8) is 0 Å². The van der Waals surface area contributed by atoms with E-state index in [0.717, 1.165) is 0 Å². The van der Waals surface area contributed by atoms with Crippen molar-refractivity contribution in [2.24, 2.45) is 5.92 Å². The maximum absolute atomic E-state index is 13.3. The number of halogens is 1. The molecular weight excluding hydrogens is 353 g/mol. The van der Waals surface area contributed by atoms with Crippen LogP contribution < -0.4 is 0 Å². The number of ether oxygens (including phenoxy) is 1. The molecule has 0 bridgehead atoms. The highest BCUT2D eigenvalue weighted by molar-refractivity contribution is 7.51. The summed E-state index contributed by atoms with van der Waals surface area (Å²) in [5.74, 6) is 0.404. The molecule has 0 aliphatic heterocycles. The molecule has 0 aromatic heterocycles. The first-order valence-electron chi connectivity index (χ1n) is 8.26. The van der Waals surface area contributed by atoms with Crippen molar-refractivity contribution in [3.8, 4) is 0 Å². The highest BCUT2D eigenvalue weighted by Crippen LogP contribution is 2.60. The van der Waals surface area contributed by atoms with Crippen LogP contribution in [0.4, 0.5) is 0 Å². The number of carbonyl (C=O) groups excluding carboxylic acids is 1. The zero-order valence-electron chi connectivity index (χ0n) is 14.4. The standard InChI is InChI=1S/C16H25ClNO5P/c1-4-18(5-2)24(20,21-11-7-10-17)23-15-12-14-8-6-9-16(14,15)22-13(3)19/h6,8,12,14H,4-5,7,9-11H2,1-3H3. The van der Waals surface area contributed by atoms with E-state index in [1.165, 1.54) is 6.92 Å². The Hall–Kier alpha value is -0.810. The minimum absolute atomic E-state index is 0.0376. The van der Waals surface area contributed by atoms with E-state index in [2.05, 4.69) is 0 Å². The van der Waals surface area contributed by atoms with E-state index in [1.54, 1.807) is 4.67 Å². The number of alkyl halides is 1. The van der Waals surface area contributed by atoms with Gasteiger partial charge in [0.15, 0.2) is 5.60 Å². The summed E-state index contributed by atoms with van der Waals surface area (Å²) >= 11 is 5.67. The van der Waals surface area contributed by atoms with Gasteiger partial charge in [0.2, 0.25) is 0 Å². The molecule has 2 aliphatic carbocycles. The van der Waals surface area contributed by atoms with Crippen molar-refractivity contribution < 1.29 is 23.1 Å². The third-order valence-corrected chi connectivity index (χ3v) is 6.66. The Balaban J connectivity index is 2.18. The van der Waals surface area contributed by atoms with E-state index in [0.29, 0.717) is 37.6 Å². The Morgan fingerprint density at radius 3 is 2.71 bits per heavy atom. The van der Waals surface area contributed by atoms with Crippen molar-refractivity contribution >= 4 is 25.3 Å². The molecule has 0 fully saturated rings. The van der Waals surface area contributed by atoms with Gasteiger partial charge in [-0.05, 0) is 12.5 Å². The largest absolute Gasteiger partial charge is 0.461 e. The molecule has 0 N–H and O–H groups in total. The molecule has 3 unspecified atom stereocenters. The van der Waals surface area contributed by atoms with Crippen molar-refractivity contribution in [2.75, 3.05) is 25.6 Å². The zero-order chi connectivity index (χ0) is 17.8. The molecule has 0 aromatic rings. The van der Waals surface area contributed by atoms with Crippen LogP contribution in [0.15, 0.2) is 24.0 Å². The van der Waals surface area contributed by atoms with Gasteiger partial charge >= 0.3 is 13.7 Å². The molecular formula is C16H25ClNO5P. The van der Waals surface area contributed by atoms with Crippen LogP contribution >= 0.6 is 19.3 Å². The quantitative estimate of drug-likeness (QED) is 0.189. The first kappa shape index (κ1) is 19.5. The normalized spacial score (nSPS) is 27.2. The van der Waals surface area contributed by atoms with Gasteiger partial charge in [-0.15, -0.1) is 11.6 Å². The zero-order valence-corrected chi connectivity index (χ0v) is 16.0. The van der Waals surface area contributed by atoms with Gasteiger partial charge in [-0.2, -0.15) is 4.67 Å². The van der Waals surface area contributed by atoms with Crippen LogP contribution in [0.2, 0.25) is 0 Å². The summed E-state index contributed by atoms with van der Waals surface area (Å²) in [4.78, 5) is 11.5. The highest BCUT2D eigenvalue weighted by atomic mass is 35.5. The van der Waals surface area contributed by atoms with Crippen molar-refractivity contribution in [2.45, 2.75) is 39.2 Å². The first-order valence-corrected chi connectivity index (χ1v) is 10.3. The third-order valence-electron chi connectivity index (χ3n) is 4.20. The molecule has 24 heavy (non-hydrogen) atoms. The smallest absolute Gasteiger partial charge is 0.450 e. The molecule has 2 rings (SSSR count). The Morgan fingerprint density at radius 2 is 2.17 bits per heavy atom. The van der Waals surface area contributed by atoms with Crippen molar-refractivity contribution in [1.82, 2.24) is 4.67 Å². The molecule has 0 saturated heterocycles. The van der Waals surface area contributed by atoms with Gasteiger partial charge in [-0.3, -0.25) is 9.32 Å². The van der Waals surface area contributed by atoms with Crippen LogP contribution in [0.3, 0.4) is 0 Å². The van der Waals surface area contributed by atoms with Gasteiger partial charge < -0.3 is 9.26 Å². The van der Waals surface area contributed by atoms with E-state index in [4.69, 9.17) is 25.4 Å². The molecule has 0 saturated carbocycles. The number of carbonyl (C=O) groups is 1. The fourth-order valence-electron chi connectivity index (χ4n) is 2.96. The molecule has 6 nitrogen and oxygen atoms in total. The summed E-state index contributed by atoms with van der Waals surface area (Å²) in [5, 5.41) is 0. The van der Waals surface area contributed by atoms with E-state index in [-0.39, 0.29) is 12.5 Å². The molecule has 3 atom stereocenters. The van der Waals surface area contributed by atoms with Gasteiger partial charge in [0.1, 0.15) is 5.76 Å². The summed E-state index contributed by atoms with van der Waals surface area (Å²) < 4.78 is 31.9. The van der Waals surface area contributed by atoms with Gasteiger partial charge in [0.05, 0.1) is 6.61 Å². The Bertz CT molecular complexity index is 575. The molecule has 0 radical (unpaired) electrons. The Labute approximate surface area is 148 Å². The van der Waals surface area contributed by atoms with Crippen LogP contribution in [0.25, 0.3) is 0 Å². The maximum Gasteiger partial charge on any atom is 0.461 e. The lowest BCUT2D eigenvalue weighted by molar-refractivity contribution is -0.160. The molecule has 0 heterocycles. The Morgan fingerprint density at radius 1 is 1.46 bits per heavy atom. The lowest BCUT2D eigenvalue weighted by atomic mass is 9.77. The average Bonchev–Trinajstić information content (AvgIpc) is 2.83. The number of hydrogen-bond donors (Lipinski definition) is 0. The summed E-state index contributed by atoms with van der Waals surface area (Å²) in [6.07, 6.45) is 6.83. The maximum atomic E-state index is 13.3. The molecule has 8 heteroatoms. The van der Waals surface area contributed by atoms with E-state index in [9.17, 15) is 9.36 Å². The molecule has 136 valence electrons. The van der Waals surface area contributed by atoms with Gasteiger partial charge in [-0.1, -0.05) is 26.0 Å². The van der Waals surface area contributed by atoms with Crippen LogP contribution in [-0.2, 0) is 23.1 Å². The summed E-state index contributed by atoms with van der Waals surface area (Å²) in [6.45, 7) is 6.42. The van der Waals surface area contributed by atoms with E-state index in [1.807, 2.05) is 32.1 Å². The van der Waals surface area contributed by atoms with Crippen LogP contribution in [0.1, 0.15) is 33.6 Å². The lowest BCUT2D eigenvalue weighted by Gasteiger charge is -2.43. The van der Waals surface area contributed by atoms with E-state index < -0.39 is 19.3 Å². The second kappa shape index (κ2) is 8.05. The number of fused-ring (bicyclic) bond motifs is 1. The average molecular weight is 378 g/mol. The summed E-state index contributed by atoms with van der Waals surface area (Å²) in [6, 6.07) is 0. The highest BCUT2D eigenvalue weighted by Gasteiger charge is 2.56. The van der Waals surface area contributed by atoms with Crippen LogP contribution in [-0.4, -0.2) is 41.8 Å². The van der Waals surface area contributed by atoms with E-state index >= 15 is 0 Å². The minimum atomic E-state index is -3.53. The number of rotatable bonds is 10. The second-order valence-electron chi connectivity index (χ2n) is 5.75. The second-order valence-corrected chi connectivity index (χ2v) is 8.07. The number of nitrogens with zero attached hydrogens (tertiary/aromatic N) is 1. The van der Waals surface area contributed by atoms with Crippen molar-refractivity contribution in [3.05, 3.63) is 24.0 Å². The van der Waals surface area contributed by atoms with Crippen LogP contribution in [0.5, 0.6) is 0 Å².